The molecule has 0 spiro atoms. The van der Waals surface area contributed by atoms with Crippen molar-refractivity contribution < 1.29 is 18.0 Å². The lowest BCUT2D eigenvalue weighted by atomic mass is 10.1. The van der Waals surface area contributed by atoms with Crippen LogP contribution in [0.2, 0.25) is 0 Å². The van der Waals surface area contributed by atoms with Gasteiger partial charge in [-0.2, -0.15) is 13.2 Å². The molecule has 0 radical (unpaired) electrons. The van der Waals surface area contributed by atoms with Crippen molar-refractivity contribution in [3.63, 3.8) is 0 Å². The van der Waals surface area contributed by atoms with Crippen molar-refractivity contribution >= 4 is 11.6 Å². The molecule has 1 N–H and O–H groups in total. The zero-order chi connectivity index (χ0) is 13.1. The third-order valence-corrected chi connectivity index (χ3v) is 2.10. The van der Waals surface area contributed by atoms with Gasteiger partial charge in [0.15, 0.2) is 0 Å². The summed E-state index contributed by atoms with van der Waals surface area (Å²) in [5.74, 6) is -0.301. The highest BCUT2D eigenvalue weighted by atomic mass is 19.4. The van der Waals surface area contributed by atoms with Crippen LogP contribution in [0, 0.1) is 5.92 Å². The summed E-state index contributed by atoms with van der Waals surface area (Å²) in [7, 11) is 0. The van der Waals surface area contributed by atoms with Crippen molar-refractivity contribution in [2.75, 3.05) is 5.32 Å². The first kappa shape index (κ1) is 13.5. The number of anilines is 1. The standard InChI is InChI=1S/C12H14F3NO/c1-8(2)7-11(17)16-10-6-4-3-5-9(10)12(13,14)15/h3-6,8H,7H2,1-2H3,(H,16,17). The molecule has 1 rings (SSSR count). The quantitative estimate of drug-likeness (QED) is 0.864. The van der Waals surface area contributed by atoms with Crippen molar-refractivity contribution in [1.29, 1.82) is 0 Å². The van der Waals surface area contributed by atoms with Crippen LogP contribution in [0.25, 0.3) is 0 Å². The Balaban J connectivity index is 2.88. The number of hydrogen-bond acceptors (Lipinski definition) is 1. The zero-order valence-electron chi connectivity index (χ0n) is 9.64. The first-order valence-corrected chi connectivity index (χ1v) is 5.26. The van der Waals surface area contributed by atoms with Gasteiger partial charge in [-0.25, -0.2) is 0 Å². The molecule has 2 nitrogen and oxygen atoms in total. The molecule has 0 bridgehead atoms. The SMILES string of the molecule is CC(C)CC(=O)Nc1ccccc1C(F)(F)F. The number of rotatable bonds is 3. The topological polar surface area (TPSA) is 29.1 Å². The number of benzene rings is 1. The highest BCUT2D eigenvalue weighted by Crippen LogP contribution is 2.34. The van der Waals surface area contributed by atoms with Crippen LogP contribution >= 0.6 is 0 Å². The summed E-state index contributed by atoms with van der Waals surface area (Å²) < 4.78 is 37.8. The highest BCUT2D eigenvalue weighted by molar-refractivity contribution is 5.91. The van der Waals surface area contributed by atoms with Gasteiger partial charge in [0.1, 0.15) is 0 Å². The van der Waals surface area contributed by atoms with Crippen molar-refractivity contribution in [2.24, 2.45) is 5.92 Å². The Morgan fingerprint density at radius 1 is 1.29 bits per heavy atom. The van der Waals surface area contributed by atoms with E-state index in [1.54, 1.807) is 0 Å². The van der Waals surface area contributed by atoms with Gasteiger partial charge in [-0.15, -0.1) is 0 Å². The second-order valence-corrected chi connectivity index (χ2v) is 4.19. The van der Waals surface area contributed by atoms with Crippen LogP contribution in [0.4, 0.5) is 18.9 Å². The minimum absolute atomic E-state index is 0.105. The molecule has 17 heavy (non-hydrogen) atoms. The lowest BCUT2D eigenvalue weighted by Gasteiger charge is -2.14. The molecule has 1 aromatic rings. The van der Waals surface area contributed by atoms with E-state index in [4.69, 9.17) is 0 Å². The lowest BCUT2D eigenvalue weighted by molar-refractivity contribution is -0.137. The van der Waals surface area contributed by atoms with E-state index in [2.05, 4.69) is 5.32 Å². The van der Waals surface area contributed by atoms with Gasteiger partial charge in [-0.05, 0) is 18.1 Å². The summed E-state index contributed by atoms with van der Waals surface area (Å²) in [6.07, 6.45) is -4.26. The molecule has 1 amide bonds. The summed E-state index contributed by atoms with van der Waals surface area (Å²) in [5.41, 5.74) is -1.01. The Hall–Kier alpha value is -1.52. The first-order valence-electron chi connectivity index (χ1n) is 5.26. The zero-order valence-corrected chi connectivity index (χ0v) is 9.64. The number of carbonyl (C=O) groups is 1. The number of halogens is 3. The number of carbonyl (C=O) groups excluding carboxylic acids is 1. The summed E-state index contributed by atoms with van der Waals surface area (Å²) in [5, 5.41) is 2.29. The summed E-state index contributed by atoms with van der Waals surface area (Å²) in [6.45, 7) is 3.66. The average Bonchev–Trinajstić information content (AvgIpc) is 2.15. The van der Waals surface area contributed by atoms with Gasteiger partial charge >= 0.3 is 6.18 Å². The number of hydrogen-bond donors (Lipinski definition) is 1. The molecular weight excluding hydrogens is 231 g/mol. The highest BCUT2D eigenvalue weighted by Gasteiger charge is 2.33. The molecule has 0 aliphatic heterocycles. The maximum Gasteiger partial charge on any atom is 0.418 e. The maximum atomic E-state index is 12.6. The van der Waals surface area contributed by atoms with Crippen molar-refractivity contribution in [3.8, 4) is 0 Å². The normalized spacial score (nSPS) is 11.6. The summed E-state index contributed by atoms with van der Waals surface area (Å²) in [4.78, 5) is 11.4. The second kappa shape index (κ2) is 5.21. The Morgan fingerprint density at radius 3 is 2.41 bits per heavy atom. The Kier molecular flexibility index (Phi) is 4.15. The fraction of sp³-hybridized carbons (Fsp3) is 0.417. The van der Waals surface area contributed by atoms with Gasteiger partial charge in [-0.3, -0.25) is 4.79 Å². The van der Waals surface area contributed by atoms with Gasteiger partial charge in [0.05, 0.1) is 11.3 Å². The van der Waals surface area contributed by atoms with Crippen LogP contribution in [0.1, 0.15) is 25.8 Å². The molecule has 0 aliphatic rings. The molecule has 0 aliphatic carbocycles. The minimum atomic E-state index is -4.46. The van der Waals surface area contributed by atoms with Gasteiger partial charge in [0, 0.05) is 6.42 Å². The maximum absolute atomic E-state index is 12.6. The van der Waals surface area contributed by atoms with Crippen LogP contribution in [0.15, 0.2) is 24.3 Å². The number of para-hydroxylation sites is 1. The van der Waals surface area contributed by atoms with Crippen LogP contribution < -0.4 is 5.32 Å². The molecule has 0 atom stereocenters. The molecule has 0 aromatic heterocycles. The molecule has 0 saturated heterocycles. The molecule has 0 fully saturated rings. The molecule has 94 valence electrons. The predicted octanol–water partition coefficient (Wildman–Crippen LogP) is 3.69. The van der Waals surface area contributed by atoms with Gasteiger partial charge in [0.2, 0.25) is 5.91 Å². The Bertz CT molecular complexity index is 399. The van der Waals surface area contributed by atoms with E-state index in [9.17, 15) is 18.0 Å². The molecule has 1 aromatic carbocycles. The van der Waals surface area contributed by atoms with E-state index in [1.165, 1.54) is 18.2 Å². The summed E-state index contributed by atoms with van der Waals surface area (Å²) >= 11 is 0. The fourth-order valence-electron chi connectivity index (χ4n) is 1.41. The van der Waals surface area contributed by atoms with E-state index in [1.807, 2.05) is 13.8 Å². The van der Waals surface area contributed by atoms with E-state index >= 15 is 0 Å². The number of nitrogens with one attached hydrogen (secondary N) is 1. The fourth-order valence-corrected chi connectivity index (χ4v) is 1.41. The van der Waals surface area contributed by atoms with Gasteiger partial charge < -0.3 is 5.32 Å². The summed E-state index contributed by atoms with van der Waals surface area (Å²) in [6, 6.07) is 4.95. The smallest absolute Gasteiger partial charge is 0.325 e. The molecule has 5 heteroatoms. The van der Waals surface area contributed by atoms with Gasteiger partial charge in [0.25, 0.3) is 0 Å². The van der Waals surface area contributed by atoms with Crippen LogP contribution in [-0.2, 0) is 11.0 Å². The third-order valence-electron chi connectivity index (χ3n) is 2.10. The Morgan fingerprint density at radius 2 is 1.88 bits per heavy atom. The van der Waals surface area contributed by atoms with E-state index in [0.29, 0.717) is 0 Å². The predicted molar refractivity (Wildman–Crippen MR) is 59.5 cm³/mol. The monoisotopic (exact) mass is 245 g/mol. The lowest BCUT2D eigenvalue weighted by Crippen LogP contribution is -2.17. The van der Waals surface area contributed by atoms with Crippen LogP contribution in [-0.4, -0.2) is 5.91 Å². The van der Waals surface area contributed by atoms with E-state index in [-0.39, 0.29) is 18.0 Å². The number of alkyl halides is 3. The largest absolute Gasteiger partial charge is 0.418 e. The average molecular weight is 245 g/mol. The molecule has 0 saturated carbocycles. The van der Waals surface area contributed by atoms with Crippen LogP contribution in [0.5, 0.6) is 0 Å². The Labute approximate surface area is 97.8 Å². The van der Waals surface area contributed by atoms with E-state index < -0.39 is 17.6 Å². The second-order valence-electron chi connectivity index (χ2n) is 4.19. The van der Waals surface area contributed by atoms with Gasteiger partial charge in [-0.1, -0.05) is 26.0 Å². The first-order chi connectivity index (χ1) is 7.80. The number of amides is 1. The van der Waals surface area contributed by atoms with E-state index in [0.717, 1.165) is 6.07 Å². The third kappa shape index (κ3) is 4.09. The van der Waals surface area contributed by atoms with Crippen molar-refractivity contribution in [3.05, 3.63) is 29.8 Å². The minimum Gasteiger partial charge on any atom is -0.325 e. The van der Waals surface area contributed by atoms with Crippen LogP contribution in [0.3, 0.4) is 0 Å². The molecule has 0 unspecified atom stereocenters. The molecule has 0 heterocycles. The van der Waals surface area contributed by atoms with Crippen molar-refractivity contribution in [1.82, 2.24) is 0 Å². The van der Waals surface area contributed by atoms with Crippen molar-refractivity contribution in [2.45, 2.75) is 26.4 Å². The molecular formula is C12H14F3NO.